The Morgan fingerprint density at radius 3 is 2.55 bits per heavy atom. The van der Waals surface area contributed by atoms with Crippen LogP contribution >= 0.6 is 0 Å². The Morgan fingerprint density at radius 1 is 1.10 bits per heavy atom. The van der Waals surface area contributed by atoms with Crippen molar-refractivity contribution in [1.29, 1.82) is 0 Å². The highest BCUT2D eigenvalue weighted by Crippen LogP contribution is 2.10. The van der Waals surface area contributed by atoms with Gasteiger partial charge in [0.2, 0.25) is 5.91 Å². The second-order valence-electron chi connectivity index (χ2n) is 7.35. The lowest BCUT2D eigenvalue weighted by Gasteiger charge is -2.32. The zero-order valence-corrected chi connectivity index (χ0v) is 16.5. The van der Waals surface area contributed by atoms with Crippen molar-refractivity contribution in [2.75, 3.05) is 33.3 Å². The minimum absolute atomic E-state index is 0.0322. The van der Waals surface area contributed by atoms with Crippen LogP contribution in [0.15, 0.2) is 59.7 Å². The molecule has 1 amide bonds. The molecule has 2 heterocycles. The molecular weight excluding hydrogens is 368 g/mol. The SMILES string of the molecule is COc1ccc(C[NH+]2CCN(C(=O)Cn3cnc4ccccc4c3=O)CC2)cc1. The maximum absolute atomic E-state index is 12.7. The molecule has 1 fully saturated rings. The van der Waals surface area contributed by atoms with Crippen molar-refractivity contribution in [3.8, 4) is 5.75 Å². The Labute approximate surface area is 169 Å². The number of nitrogens with one attached hydrogen (secondary N) is 1. The van der Waals surface area contributed by atoms with Crippen molar-refractivity contribution in [2.45, 2.75) is 13.1 Å². The summed E-state index contributed by atoms with van der Waals surface area (Å²) in [5, 5.41) is 0.538. The van der Waals surface area contributed by atoms with Gasteiger partial charge in [-0.1, -0.05) is 12.1 Å². The first-order valence-corrected chi connectivity index (χ1v) is 9.82. The number of rotatable bonds is 5. The molecule has 7 nitrogen and oxygen atoms in total. The Morgan fingerprint density at radius 2 is 1.83 bits per heavy atom. The van der Waals surface area contributed by atoms with E-state index in [1.165, 1.54) is 21.4 Å². The molecule has 1 aliphatic heterocycles. The van der Waals surface area contributed by atoms with Crippen LogP contribution < -0.4 is 15.2 Å². The average Bonchev–Trinajstić information content (AvgIpc) is 2.77. The van der Waals surface area contributed by atoms with Gasteiger partial charge in [-0.05, 0) is 36.4 Å². The number of nitrogens with zero attached hydrogens (tertiary/aromatic N) is 3. The number of methoxy groups -OCH3 is 1. The minimum atomic E-state index is -0.173. The molecular formula is C22H25N4O3+. The summed E-state index contributed by atoms with van der Waals surface area (Å²) in [6, 6.07) is 15.3. The van der Waals surface area contributed by atoms with E-state index in [0.29, 0.717) is 24.0 Å². The molecule has 1 saturated heterocycles. The monoisotopic (exact) mass is 393 g/mol. The number of ether oxygens (including phenoxy) is 1. The summed E-state index contributed by atoms with van der Waals surface area (Å²) in [6.45, 7) is 4.13. The fourth-order valence-electron chi connectivity index (χ4n) is 3.75. The fourth-order valence-corrected chi connectivity index (χ4v) is 3.75. The van der Waals surface area contributed by atoms with Gasteiger partial charge in [-0.2, -0.15) is 0 Å². The third-order valence-corrected chi connectivity index (χ3v) is 5.47. The number of hydrogen-bond acceptors (Lipinski definition) is 4. The summed E-state index contributed by atoms with van der Waals surface area (Å²) in [5.41, 5.74) is 1.74. The zero-order valence-electron chi connectivity index (χ0n) is 16.5. The highest BCUT2D eigenvalue weighted by Gasteiger charge is 2.24. The highest BCUT2D eigenvalue weighted by atomic mass is 16.5. The van der Waals surface area contributed by atoms with E-state index in [4.69, 9.17) is 4.74 Å². The van der Waals surface area contributed by atoms with Crippen molar-refractivity contribution in [3.05, 3.63) is 70.8 Å². The molecule has 0 bridgehead atoms. The van der Waals surface area contributed by atoms with Crippen LogP contribution in [-0.2, 0) is 17.9 Å². The molecule has 0 atom stereocenters. The molecule has 2 aromatic carbocycles. The van der Waals surface area contributed by atoms with Gasteiger partial charge in [0.15, 0.2) is 0 Å². The van der Waals surface area contributed by atoms with Crippen LogP contribution in [0.25, 0.3) is 10.9 Å². The van der Waals surface area contributed by atoms with Gasteiger partial charge in [0.1, 0.15) is 18.8 Å². The summed E-state index contributed by atoms with van der Waals surface area (Å²) in [4.78, 5) is 32.9. The third-order valence-electron chi connectivity index (χ3n) is 5.47. The quantitative estimate of drug-likeness (QED) is 0.679. The number of para-hydroxylation sites is 1. The predicted octanol–water partition coefficient (Wildman–Crippen LogP) is 0.332. The number of carbonyl (C=O) groups is 1. The molecule has 0 saturated carbocycles. The first kappa shape index (κ1) is 19.1. The first-order chi connectivity index (χ1) is 14.1. The summed E-state index contributed by atoms with van der Waals surface area (Å²) >= 11 is 0. The standard InChI is InChI=1S/C22H24N4O3/c1-29-18-8-6-17(7-9-18)14-24-10-12-25(13-11-24)21(27)15-26-16-23-20-5-3-2-4-19(20)22(26)28/h2-9,16H,10-15H2,1H3/p+1. The van der Waals surface area contributed by atoms with E-state index in [1.54, 1.807) is 19.2 Å². The van der Waals surface area contributed by atoms with Crippen LogP contribution in [0.4, 0.5) is 0 Å². The van der Waals surface area contributed by atoms with Crippen LogP contribution in [0.2, 0.25) is 0 Å². The predicted molar refractivity (Wildman–Crippen MR) is 110 cm³/mol. The molecule has 0 spiro atoms. The Bertz CT molecular complexity index is 1050. The number of fused-ring (bicyclic) bond motifs is 1. The molecule has 7 heteroatoms. The van der Waals surface area contributed by atoms with Gasteiger partial charge in [-0.3, -0.25) is 14.2 Å². The van der Waals surface area contributed by atoms with Crippen LogP contribution in [0.5, 0.6) is 5.75 Å². The number of carbonyl (C=O) groups excluding carboxylic acids is 1. The largest absolute Gasteiger partial charge is 0.497 e. The van der Waals surface area contributed by atoms with Crippen molar-refractivity contribution >= 4 is 16.8 Å². The maximum atomic E-state index is 12.7. The first-order valence-electron chi connectivity index (χ1n) is 9.82. The smallest absolute Gasteiger partial charge is 0.261 e. The number of quaternary nitrogens is 1. The molecule has 1 aliphatic rings. The van der Waals surface area contributed by atoms with E-state index in [0.717, 1.165) is 25.4 Å². The van der Waals surface area contributed by atoms with Crippen molar-refractivity contribution in [1.82, 2.24) is 14.5 Å². The normalized spacial score (nSPS) is 14.9. The minimum Gasteiger partial charge on any atom is -0.497 e. The maximum Gasteiger partial charge on any atom is 0.261 e. The van der Waals surface area contributed by atoms with Crippen molar-refractivity contribution < 1.29 is 14.4 Å². The Kier molecular flexibility index (Phi) is 5.57. The summed E-state index contributed by atoms with van der Waals surface area (Å²) in [6.07, 6.45) is 1.47. The molecule has 0 aliphatic carbocycles. The number of aromatic nitrogens is 2. The summed E-state index contributed by atoms with van der Waals surface area (Å²) < 4.78 is 6.60. The molecule has 3 aromatic rings. The number of piperazine rings is 1. The topological polar surface area (TPSA) is 68.9 Å². The summed E-state index contributed by atoms with van der Waals surface area (Å²) in [5.74, 6) is 0.824. The average molecular weight is 393 g/mol. The molecule has 29 heavy (non-hydrogen) atoms. The molecule has 1 N–H and O–H groups in total. The number of hydrogen-bond donors (Lipinski definition) is 1. The van der Waals surface area contributed by atoms with E-state index in [9.17, 15) is 9.59 Å². The molecule has 0 unspecified atom stereocenters. The van der Waals surface area contributed by atoms with Crippen LogP contribution in [-0.4, -0.2) is 53.6 Å². The Balaban J connectivity index is 1.34. The summed E-state index contributed by atoms with van der Waals surface area (Å²) in [7, 11) is 1.67. The van der Waals surface area contributed by atoms with Crippen LogP contribution in [0, 0.1) is 0 Å². The lowest BCUT2D eigenvalue weighted by molar-refractivity contribution is -0.917. The van der Waals surface area contributed by atoms with Crippen molar-refractivity contribution in [2.24, 2.45) is 0 Å². The van der Waals surface area contributed by atoms with E-state index in [1.807, 2.05) is 29.2 Å². The lowest BCUT2D eigenvalue weighted by atomic mass is 10.2. The number of benzene rings is 2. The number of amides is 1. The van der Waals surface area contributed by atoms with Gasteiger partial charge < -0.3 is 14.5 Å². The van der Waals surface area contributed by atoms with Gasteiger partial charge in [-0.25, -0.2) is 4.98 Å². The van der Waals surface area contributed by atoms with Crippen molar-refractivity contribution in [3.63, 3.8) is 0 Å². The van der Waals surface area contributed by atoms with Gasteiger partial charge in [-0.15, -0.1) is 0 Å². The van der Waals surface area contributed by atoms with E-state index in [2.05, 4.69) is 17.1 Å². The van der Waals surface area contributed by atoms with Crippen LogP contribution in [0.3, 0.4) is 0 Å². The molecule has 150 valence electrons. The fraction of sp³-hybridized carbons (Fsp3) is 0.318. The third kappa shape index (κ3) is 4.30. The van der Waals surface area contributed by atoms with E-state index >= 15 is 0 Å². The molecule has 1 aromatic heterocycles. The second kappa shape index (κ2) is 8.45. The van der Waals surface area contributed by atoms with Crippen LogP contribution in [0.1, 0.15) is 5.56 Å². The molecule has 0 radical (unpaired) electrons. The van der Waals surface area contributed by atoms with Gasteiger partial charge in [0.05, 0.1) is 50.5 Å². The zero-order chi connectivity index (χ0) is 20.2. The lowest BCUT2D eigenvalue weighted by Crippen LogP contribution is -3.13. The van der Waals surface area contributed by atoms with Gasteiger partial charge >= 0.3 is 0 Å². The van der Waals surface area contributed by atoms with Gasteiger partial charge in [0, 0.05) is 5.56 Å². The van der Waals surface area contributed by atoms with E-state index in [-0.39, 0.29) is 18.0 Å². The Hall–Kier alpha value is -3.19. The van der Waals surface area contributed by atoms with E-state index < -0.39 is 0 Å². The second-order valence-corrected chi connectivity index (χ2v) is 7.35. The molecule has 4 rings (SSSR count). The highest BCUT2D eigenvalue weighted by molar-refractivity contribution is 5.79. The van der Waals surface area contributed by atoms with Gasteiger partial charge in [0.25, 0.3) is 5.56 Å².